The summed E-state index contributed by atoms with van der Waals surface area (Å²) in [6, 6.07) is 11.0. The van der Waals surface area contributed by atoms with Gasteiger partial charge in [-0.25, -0.2) is 0 Å². The number of nitrogens with one attached hydrogen (secondary N) is 2. The Bertz CT molecular complexity index is 448. The molecule has 1 aliphatic heterocycles. The van der Waals surface area contributed by atoms with Crippen molar-refractivity contribution in [3.8, 4) is 0 Å². The minimum absolute atomic E-state index is 0.255. The van der Waals surface area contributed by atoms with Crippen LogP contribution < -0.4 is 10.6 Å². The summed E-state index contributed by atoms with van der Waals surface area (Å²) in [5.41, 5.74) is 1.41. The van der Waals surface area contributed by atoms with E-state index in [2.05, 4.69) is 41.0 Å². The summed E-state index contributed by atoms with van der Waals surface area (Å²) in [6.45, 7) is 2.24. The molecule has 21 heavy (non-hydrogen) atoms. The van der Waals surface area contributed by atoms with Crippen molar-refractivity contribution in [3.63, 3.8) is 0 Å². The zero-order valence-electron chi connectivity index (χ0n) is 12.7. The van der Waals surface area contributed by atoms with E-state index in [-0.39, 0.29) is 5.91 Å². The lowest BCUT2D eigenvalue weighted by molar-refractivity contribution is -0.122. The lowest BCUT2D eigenvalue weighted by Crippen LogP contribution is -2.43. The van der Waals surface area contributed by atoms with Gasteiger partial charge in [-0.15, -0.1) is 0 Å². The molecule has 114 valence electrons. The van der Waals surface area contributed by atoms with E-state index >= 15 is 0 Å². The van der Waals surface area contributed by atoms with E-state index in [9.17, 15) is 4.79 Å². The van der Waals surface area contributed by atoms with Gasteiger partial charge in [0.1, 0.15) is 0 Å². The van der Waals surface area contributed by atoms with Gasteiger partial charge in [-0.1, -0.05) is 30.3 Å². The molecule has 1 aromatic rings. The highest BCUT2D eigenvalue weighted by molar-refractivity contribution is 5.76. The summed E-state index contributed by atoms with van der Waals surface area (Å²) in [5.74, 6) is 1.64. The molecule has 2 aliphatic rings. The van der Waals surface area contributed by atoms with Crippen LogP contribution in [0.2, 0.25) is 0 Å². The molecule has 1 saturated carbocycles. The third-order valence-electron chi connectivity index (χ3n) is 5.01. The Morgan fingerprint density at radius 2 is 1.86 bits per heavy atom. The topological polar surface area (TPSA) is 41.1 Å². The molecule has 2 N–H and O–H groups in total. The van der Waals surface area contributed by atoms with Crippen LogP contribution in [0.25, 0.3) is 0 Å². The molecule has 0 radical (unpaired) electrons. The molecule has 3 nitrogen and oxygen atoms in total. The van der Waals surface area contributed by atoms with Gasteiger partial charge in [0.05, 0.1) is 0 Å². The number of carbonyl (C=O) groups is 1. The minimum atomic E-state index is 0.255. The van der Waals surface area contributed by atoms with Gasteiger partial charge in [0.15, 0.2) is 0 Å². The molecule has 0 aromatic heterocycles. The SMILES string of the molecule is O=C(CCC1CCNCC1)NC1CC(c2ccccc2)C1. The Hall–Kier alpha value is -1.35. The molecule has 0 spiro atoms. The summed E-state index contributed by atoms with van der Waals surface area (Å²) >= 11 is 0. The molecular weight excluding hydrogens is 260 g/mol. The normalized spacial score (nSPS) is 26.1. The number of hydrogen-bond donors (Lipinski definition) is 2. The predicted octanol–water partition coefficient (Wildman–Crippen LogP) is 2.83. The van der Waals surface area contributed by atoms with Gasteiger partial charge in [-0.05, 0) is 62.6 Å². The predicted molar refractivity (Wildman–Crippen MR) is 85.2 cm³/mol. The Labute approximate surface area is 127 Å². The maximum absolute atomic E-state index is 12.0. The molecule has 1 amide bonds. The van der Waals surface area contributed by atoms with Crippen LogP contribution >= 0.6 is 0 Å². The fraction of sp³-hybridized carbons (Fsp3) is 0.611. The fourth-order valence-electron chi connectivity index (χ4n) is 3.54. The first-order chi connectivity index (χ1) is 10.3. The molecule has 0 unspecified atom stereocenters. The van der Waals surface area contributed by atoms with Crippen LogP contribution in [0.15, 0.2) is 30.3 Å². The van der Waals surface area contributed by atoms with Gasteiger partial charge in [0, 0.05) is 12.5 Å². The molecule has 3 heteroatoms. The van der Waals surface area contributed by atoms with Crippen molar-refractivity contribution in [2.75, 3.05) is 13.1 Å². The molecule has 0 atom stereocenters. The number of carbonyl (C=O) groups excluding carboxylic acids is 1. The van der Waals surface area contributed by atoms with E-state index in [1.165, 1.54) is 18.4 Å². The minimum Gasteiger partial charge on any atom is -0.353 e. The Balaban J connectivity index is 1.33. The monoisotopic (exact) mass is 286 g/mol. The fourth-order valence-corrected chi connectivity index (χ4v) is 3.54. The second kappa shape index (κ2) is 7.08. The van der Waals surface area contributed by atoms with Gasteiger partial charge < -0.3 is 10.6 Å². The molecule has 0 bridgehead atoms. The average Bonchev–Trinajstić information content (AvgIpc) is 2.50. The third kappa shape index (κ3) is 4.07. The smallest absolute Gasteiger partial charge is 0.220 e. The highest BCUT2D eigenvalue weighted by Gasteiger charge is 2.31. The van der Waals surface area contributed by atoms with Crippen molar-refractivity contribution in [1.82, 2.24) is 10.6 Å². The number of rotatable bonds is 5. The van der Waals surface area contributed by atoms with E-state index in [4.69, 9.17) is 0 Å². The lowest BCUT2D eigenvalue weighted by atomic mass is 9.76. The molecule has 1 aliphatic carbocycles. The first-order valence-corrected chi connectivity index (χ1v) is 8.36. The van der Waals surface area contributed by atoms with Crippen molar-refractivity contribution >= 4 is 5.91 Å². The highest BCUT2D eigenvalue weighted by atomic mass is 16.1. The summed E-state index contributed by atoms with van der Waals surface area (Å²) in [7, 11) is 0. The van der Waals surface area contributed by atoms with E-state index in [1.807, 2.05) is 0 Å². The maximum Gasteiger partial charge on any atom is 0.220 e. The zero-order chi connectivity index (χ0) is 14.5. The van der Waals surface area contributed by atoms with E-state index < -0.39 is 0 Å². The summed E-state index contributed by atoms with van der Waals surface area (Å²) in [6.07, 6.45) is 6.42. The Morgan fingerprint density at radius 3 is 2.57 bits per heavy atom. The first-order valence-electron chi connectivity index (χ1n) is 8.36. The van der Waals surface area contributed by atoms with Crippen LogP contribution in [0.3, 0.4) is 0 Å². The van der Waals surface area contributed by atoms with Crippen LogP contribution in [0, 0.1) is 5.92 Å². The number of benzene rings is 1. The molecule has 3 rings (SSSR count). The quantitative estimate of drug-likeness (QED) is 0.874. The van der Waals surface area contributed by atoms with Gasteiger partial charge in [-0.3, -0.25) is 4.79 Å². The number of hydrogen-bond acceptors (Lipinski definition) is 2. The standard InChI is InChI=1S/C18H26N2O/c21-18(7-6-14-8-10-19-11-9-14)20-17-12-16(13-17)15-4-2-1-3-5-15/h1-5,14,16-17,19H,6-13H2,(H,20,21). The molecule has 1 aromatic carbocycles. The first kappa shape index (κ1) is 14.6. The van der Waals surface area contributed by atoms with Gasteiger partial charge in [0.2, 0.25) is 5.91 Å². The number of amides is 1. The van der Waals surface area contributed by atoms with Crippen molar-refractivity contribution in [2.45, 2.75) is 50.5 Å². The summed E-state index contributed by atoms with van der Waals surface area (Å²) in [4.78, 5) is 12.0. The average molecular weight is 286 g/mol. The van der Waals surface area contributed by atoms with Crippen molar-refractivity contribution in [1.29, 1.82) is 0 Å². The molecule has 1 saturated heterocycles. The second-order valence-corrected chi connectivity index (χ2v) is 6.58. The largest absolute Gasteiger partial charge is 0.353 e. The van der Waals surface area contributed by atoms with E-state index in [1.54, 1.807) is 0 Å². The maximum atomic E-state index is 12.0. The Kier molecular flexibility index (Phi) is 4.91. The Morgan fingerprint density at radius 1 is 1.14 bits per heavy atom. The van der Waals surface area contributed by atoms with Gasteiger partial charge in [-0.2, -0.15) is 0 Å². The van der Waals surface area contributed by atoms with Crippen LogP contribution in [0.4, 0.5) is 0 Å². The zero-order valence-corrected chi connectivity index (χ0v) is 12.7. The van der Waals surface area contributed by atoms with E-state index in [0.29, 0.717) is 18.4 Å². The molecule has 2 fully saturated rings. The van der Waals surface area contributed by atoms with Crippen LogP contribution in [0.1, 0.15) is 50.0 Å². The van der Waals surface area contributed by atoms with Crippen LogP contribution in [0.5, 0.6) is 0 Å². The lowest BCUT2D eigenvalue weighted by Gasteiger charge is -2.36. The van der Waals surface area contributed by atoms with Crippen molar-refractivity contribution in [3.05, 3.63) is 35.9 Å². The molecule has 1 heterocycles. The van der Waals surface area contributed by atoms with Crippen molar-refractivity contribution in [2.24, 2.45) is 5.92 Å². The van der Waals surface area contributed by atoms with Crippen LogP contribution in [-0.4, -0.2) is 25.0 Å². The summed E-state index contributed by atoms with van der Waals surface area (Å²) < 4.78 is 0. The van der Waals surface area contributed by atoms with Gasteiger partial charge in [0.25, 0.3) is 0 Å². The van der Waals surface area contributed by atoms with Crippen molar-refractivity contribution < 1.29 is 4.79 Å². The second-order valence-electron chi connectivity index (χ2n) is 6.58. The van der Waals surface area contributed by atoms with Crippen LogP contribution in [-0.2, 0) is 4.79 Å². The van der Waals surface area contributed by atoms with E-state index in [0.717, 1.165) is 38.3 Å². The third-order valence-corrected chi connectivity index (χ3v) is 5.01. The van der Waals surface area contributed by atoms with Gasteiger partial charge >= 0.3 is 0 Å². The highest BCUT2D eigenvalue weighted by Crippen LogP contribution is 2.36. The summed E-state index contributed by atoms with van der Waals surface area (Å²) in [5, 5.41) is 6.57. The number of piperidine rings is 1. The molecular formula is C18H26N2O.